The van der Waals surface area contributed by atoms with Gasteiger partial charge in [0.05, 0.1) is 11.5 Å². The fourth-order valence-corrected chi connectivity index (χ4v) is 1.25. The summed E-state index contributed by atoms with van der Waals surface area (Å²) in [7, 11) is 0. The van der Waals surface area contributed by atoms with Gasteiger partial charge in [-0.1, -0.05) is 13.8 Å². The van der Waals surface area contributed by atoms with E-state index in [0.29, 0.717) is 6.07 Å². The second kappa shape index (κ2) is 5.24. The third-order valence-corrected chi connectivity index (χ3v) is 2.05. The highest BCUT2D eigenvalue weighted by Gasteiger charge is 2.38. The van der Waals surface area contributed by atoms with E-state index in [9.17, 15) is 23.3 Å². The average Bonchev–Trinajstić information content (AvgIpc) is 2.24. The van der Waals surface area contributed by atoms with Crippen molar-refractivity contribution in [2.45, 2.75) is 20.0 Å². The highest BCUT2D eigenvalue weighted by Crippen LogP contribution is 2.38. The Bertz CT molecular complexity index is 444. The van der Waals surface area contributed by atoms with Crippen LogP contribution in [0.4, 0.5) is 18.9 Å². The van der Waals surface area contributed by atoms with Crippen molar-refractivity contribution in [3.63, 3.8) is 0 Å². The van der Waals surface area contributed by atoms with Gasteiger partial charge in [-0.15, -0.1) is 0 Å². The first-order chi connectivity index (χ1) is 8.21. The number of nitro benzene ring substituents is 1. The number of hydrogen-bond donors (Lipinski definition) is 0. The number of halogens is 3. The van der Waals surface area contributed by atoms with Crippen molar-refractivity contribution in [2.24, 2.45) is 5.92 Å². The Kier molecular flexibility index (Phi) is 4.15. The van der Waals surface area contributed by atoms with Crippen LogP contribution >= 0.6 is 0 Å². The maximum atomic E-state index is 12.6. The zero-order chi connectivity index (χ0) is 13.9. The normalized spacial score (nSPS) is 11.7. The molecule has 4 nitrogen and oxygen atoms in total. The van der Waals surface area contributed by atoms with Gasteiger partial charge in [0.1, 0.15) is 11.3 Å². The topological polar surface area (TPSA) is 52.4 Å². The predicted octanol–water partition coefficient (Wildman–Crippen LogP) is 3.65. The molecule has 0 amide bonds. The van der Waals surface area contributed by atoms with Crippen LogP contribution in [0.3, 0.4) is 0 Å². The van der Waals surface area contributed by atoms with E-state index in [1.54, 1.807) is 0 Å². The standard InChI is InChI=1S/C11H12F3NO3/c1-7(2)6-18-8-3-4-10(15(16)17)9(5-8)11(12,13)14/h3-5,7H,6H2,1-2H3. The summed E-state index contributed by atoms with van der Waals surface area (Å²) in [6.45, 7) is 3.93. The zero-order valence-corrected chi connectivity index (χ0v) is 9.82. The van der Waals surface area contributed by atoms with E-state index in [2.05, 4.69) is 0 Å². The molecule has 0 fully saturated rings. The summed E-state index contributed by atoms with van der Waals surface area (Å²) in [5.41, 5.74) is -2.27. The van der Waals surface area contributed by atoms with Gasteiger partial charge in [-0.05, 0) is 18.1 Å². The molecule has 1 rings (SSSR count). The lowest BCUT2D eigenvalue weighted by molar-refractivity contribution is -0.388. The van der Waals surface area contributed by atoms with Crippen LogP contribution in [0.25, 0.3) is 0 Å². The summed E-state index contributed by atoms with van der Waals surface area (Å²) in [6.07, 6.45) is -4.78. The molecule has 100 valence electrons. The molecule has 0 saturated carbocycles. The summed E-state index contributed by atoms with van der Waals surface area (Å²) in [5, 5.41) is 10.5. The van der Waals surface area contributed by atoms with Crippen LogP contribution in [0.2, 0.25) is 0 Å². The van der Waals surface area contributed by atoms with E-state index in [-0.39, 0.29) is 18.3 Å². The maximum Gasteiger partial charge on any atom is 0.423 e. The third kappa shape index (κ3) is 3.61. The Hall–Kier alpha value is -1.79. The smallest absolute Gasteiger partial charge is 0.423 e. The summed E-state index contributed by atoms with van der Waals surface area (Å²) in [5.74, 6) is 0.121. The minimum absolute atomic E-state index is 0.0263. The first-order valence-electron chi connectivity index (χ1n) is 5.20. The number of ether oxygens (including phenoxy) is 1. The first kappa shape index (κ1) is 14.3. The molecule has 0 aliphatic rings. The summed E-state index contributed by atoms with van der Waals surface area (Å²) >= 11 is 0. The predicted molar refractivity (Wildman–Crippen MR) is 58.4 cm³/mol. The number of alkyl halides is 3. The molecule has 0 unspecified atom stereocenters. The molecule has 0 heterocycles. The maximum absolute atomic E-state index is 12.6. The van der Waals surface area contributed by atoms with Gasteiger partial charge < -0.3 is 4.74 Å². The van der Waals surface area contributed by atoms with Gasteiger partial charge in [0.25, 0.3) is 5.69 Å². The molecule has 1 aromatic carbocycles. The molecule has 0 radical (unpaired) electrons. The van der Waals surface area contributed by atoms with Crippen molar-refractivity contribution in [1.29, 1.82) is 0 Å². The number of hydrogen-bond acceptors (Lipinski definition) is 3. The van der Waals surface area contributed by atoms with Gasteiger partial charge >= 0.3 is 6.18 Å². The van der Waals surface area contributed by atoms with Crippen molar-refractivity contribution in [3.8, 4) is 5.75 Å². The third-order valence-electron chi connectivity index (χ3n) is 2.05. The monoisotopic (exact) mass is 263 g/mol. The molecule has 0 saturated heterocycles. The van der Waals surface area contributed by atoms with Crippen LogP contribution in [-0.2, 0) is 6.18 Å². The van der Waals surface area contributed by atoms with Gasteiger partial charge in [-0.25, -0.2) is 0 Å². The van der Waals surface area contributed by atoms with Gasteiger partial charge in [0, 0.05) is 6.07 Å². The second-order valence-corrected chi connectivity index (χ2v) is 4.14. The zero-order valence-electron chi connectivity index (χ0n) is 9.82. The number of nitrogens with zero attached hydrogens (tertiary/aromatic N) is 1. The van der Waals surface area contributed by atoms with Crippen molar-refractivity contribution in [1.82, 2.24) is 0 Å². The largest absolute Gasteiger partial charge is 0.493 e. The minimum atomic E-state index is -4.78. The van der Waals surface area contributed by atoms with Crippen molar-refractivity contribution in [2.75, 3.05) is 6.61 Å². The fourth-order valence-electron chi connectivity index (χ4n) is 1.25. The van der Waals surface area contributed by atoms with Gasteiger partial charge in [-0.2, -0.15) is 13.2 Å². The highest BCUT2D eigenvalue weighted by molar-refractivity contribution is 5.46. The minimum Gasteiger partial charge on any atom is -0.493 e. The highest BCUT2D eigenvalue weighted by atomic mass is 19.4. The van der Waals surface area contributed by atoms with Gasteiger partial charge in [-0.3, -0.25) is 10.1 Å². The van der Waals surface area contributed by atoms with Crippen LogP contribution < -0.4 is 4.74 Å². The van der Waals surface area contributed by atoms with E-state index in [1.165, 1.54) is 0 Å². The SMILES string of the molecule is CC(C)COc1ccc([N+](=O)[O-])c(C(F)(F)F)c1. The Morgan fingerprint density at radius 2 is 2.00 bits per heavy atom. The molecular weight excluding hydrogens is 251 g/mol. The second-order valence-electron chi connectivity index (χ2n) is 4.14. The van der Waals surface area contributed by atoms with Crippen LogP contribution in [0.15, 0.2) is 18.2 Å². The van der Waals surface area contributed by atoms with E-state index >= 15 is 0 Å². The van der Waals surface area contributed by atoms with Crippen molar-refractivity contribution < 1.29 is 22.8 Å². The van der Waals surface area contributed by atoms with Crippen LogP contribution in [-0.4, -0.2) is 11.5 Å². The number of benzene rings is 1. The lowest BCUT2D eigenvalue weighted by Gasteiger charge is -2.12. The molecular formula is C11H12F3NO3. The van der Waals surface area contributed by atoms with Gasteiger partial charge in [0.15, 0.2) is 0 Å². The fraction of sp³-hybridized carbons (Fsp3) is 0.455. The Morgan fingerprint density at radius 3 is 2.44 bits per heavy atom. The average molecular weight is 263 g/mol. The molecule has 0 N–H and O–H groups in total. The number of nitro groups is 1. The van der Waals surface area contributed by atoms with Crippen molar-refractivity contribution >= 4 is 5.69 Å². The first-order valence-corrected chi connectivity index (χ1v) is 5.20. The number of rotatable bonds is 4. The molecule has 1 aromatic rings. The molecule has 0 aliphatic heterocycles. The molecule has 0 aromatic heterocycles. The summed E-state index contributed by atoms with van der Waals surface area (Å²) in [4.78, 5) is 9.45. The van der Waals surface area contributed by atoms with Crippen LogP contribution in [0.1, 0.15) is 19.4 Å². The van der Waals surface area contributed by atoms with E-state index in [0.717, 1.165) is 12.1 Å². The summed E-state index contributed by atoms with van der Waals surface area (Å²) < 4.78 is 43.0. The molecule has 0 bridgehead atoms. The molecule has 0 spiro atoms. The molecule has 18 heavy (non-hydrogen) atoms. The Balaban J connectivity index is 3.10. The van der Waals surface area contributed by atoms with Crippen LogP contribution in [0.5, 0.6) is 5.75 Å². The summed E-state index contributed by atoms with van der Waals surface area (Å²) in [6, 6.07) is 2.62. The Morgan fingerprint density at radius 1 is 1.39 bits per heavy atom. The Labute approximate surface area is 102 Å². The van der Waals surface area contributed by atoms with E-state index < -0.39 is 22.4 Å². The van der Waals surface area contributed by atoms with Gasteiger partial charge in [0.2, 0.25) is 0 Å². The quantitative estimate of drug-likeness (QED) is 0.615. The molecule has 0 atom stereocenters. The van der Waals surface area contributed by atoms with Crippen molar-refractivity contribution in [3.05, 3.63) is 33.9 Å². The lowest BCUT2D eigenvalue weighted by Crippen LogP contribution is -2.10. The molecule has 7 heteroatoms. The van der Waals surface area contributed by atoms with E-state index in [4.69, 9.17) is 4.74 Å². The van der Waals surface area contributed by atoms with Crippen LogP contribution in [0, 0.1) is 16.0 Å². The lowest BCUT2D eigenvalue weighted by atomic mass is 10.1. The van der Waals surface area contributed by atoms with E-state index in [1.807, 2.05) is 13.8 Å². The molecule has 0 aliphatic carbocycles.